The smallest absolute Gasteiger partial charge is 0.251 e. The molecule has 0 bridgehead atoms. The summed E-state index contributed by atoms with van der Waals surface area (Å²) in [7, 11) is -3.84. The van der Waals surface area contributed by atoms with Crippen LogP contribution in [0.5, 0.6) is 0 Å². The molecule has 0 unspecified atom stereocenters. The maximum Gasteiger partial charge on any atom is 0.251 e. The number of carbonyl (C=O) groups is 1. The fourth-order valence-corrected chi connectivity index (χ4v) is 3.62. The van der Waals surface area contributed by atoms with E-state index in [1.807, 2.05) is 0 Å². The lowest BCUT2D eigenvalue weighted by Crippen LogP contribution is -2.07. The number of benzene rings is 2. The van der Waals surface area contributed by atoms with Crippen LogP contribution >= 0.6 is 23.2 Å². The van der Waals surface area contributed by atoms with E-state index in [2.05, 4.69) is 9.97 Å². The van der Waals surface area contributed by atoms with Gasteiger partial charge in [0.1, 0.15) is 0 Å². The largest absolute Gasteiger partial charge is 0.289 e. The maximum atomic E-state index is 12.5. The van der Waals surface area contributed by atoms with E-state index >= 15 is 0 Å². The summed E-state index contributed by atoms with van der Waals surface area (Å²) in [6.07, 6.45) is 2.69. The molecule has 126 valence electrons. The lowest BCUT2D eigenvalue weighted by atomic mass is 10.0. The summed E-state index contributed by atoms with van der Waals surface area (Å²) in [5.74, 6) is -0.354. The topological polar surface area (TPSA) is 77.0 Å². The fourth-order valence-electron chi connectivity index (χ4n) is 2.14. The number of aromatic nitrogens is 2. The molecule has 0 aliphatic rings. The molecule has 0 saturated heterocycles. The minimum atomic E-state index is -3.84. The molecule has 1 aromatic heterocycles. The van der Waals surface area contributed by atoms with Crippen LogP contribution in [0.2, 0.25) is 10.0 Å². The minimum Gasteiger partial charge on any atom is -0.289 e. The van der Waals surface area contributed by atoms with Gasteiger partial charge >= 0.3 is 0 Å². The summed E-state index contributed by atoms with van der Waals surface area (Å²) in [5, 5.41) is 0.351. The first kappa shape index (κ1) is 17.5. The van der Waals surface area contributed by atoms with Crippen molar-refractivity contribution in [3.63, 3.8) is 0 Å². The highest BCUT2D eigenvalue weighted by atomic mass is 35.5. The van der Waals surface area contributed by atoms with E-state index in [-0.39, 0.29) is 32.0 Å². The third-order valence-electron chi connectivity index (χ3n) is 3.38. The Balaban J connectivity index is 1.95. The summed E-state index contributed by atoms with van der Waals surface area (Å²) in [6.45, 7) is 0. The Morgan fingerprint density at radius 3 is 2.20 bits per heavy atom. The van der Waals surface area contributed by atoms with Crippen molar-refractivity contribution in [1.29, 1.82) is 0 Å². The summed E-state index contributed by atoms with van der Waals surface area (Å²) in [6, 6.07) is 11.6. The quantitative estimate of drug-likeness (QED) is 0.497. The van der Waals surface area contributed by atoms with Crippen LogP contribution in [0, 0.1) is 0 Å². The molecular formula is C17H10Cl2N2O3S. The third kappa shape index (κ3) is 3.56. The number of carbonyl (C=O) groups excluding carboxylic acids is 1. The fraction of sp³-hybridized carbons (Fsp3) is 0. The molecule has 1 heterocycles. The summed E-state index contributed by atoms with van der Waals surface area (Å²) >= 11 is 11.9. The van der Waals surface area contributed by atoms with Gasteiger partial charge in [0.05, 0.1) is 9.92 Å². The lowest BCUT2D eigenvalue weighted by molar-refractivity contribution is 0.103. The van der Waals surface area contributed by atoms with Gasteiger partial charge in [0.2, 0.25) is 9.84 Å². The SMILES string of the molecule is O=C(c1ccc(S(=O)(=O)c2ncccn2)cc1)c1cc(Cl)ccc1Cl. The second kappa shape index (κ2) is 6.92. The Kier molecular flexibility index (Phi) is 4.85. The average Bonchev–Trinajstić information content (AvgIpc) is 2.64. The van der Waals surface area contributed by atoms with Crippen molar-refractivity contribution in [1.82, 2.24) is 9.97 Å². The predicted molar refractivity (Wildman–Crippen MR) is 93.8 cm³/mol. The minimum absolute atomic E-state index is 0.00700. The lowest BCUT2D eigenvalue weighted by Gasteiger charge is -2.06. The van der Waals surface area contributed by atoms with E-state index in [9.17, 15) is 13.2 Å². The second-order valence-electron chi connectivity index (χ2n) is 5.01. The van der Waals surface area contributed by atoms with Crippen molar-refractivity contribution in [2.75, 3.05) is 0 Å². The zero-order valence-corrected chi connectivity index (χ0v) is 14.9. The summed E-state index contributed by atoms with van der Waals surface area (Å²) in [5.41, 5.74) is 0.535. The highest BCUT2D eigenvalue weighted by molar-refractivity contribution is 7.91. The molecule has 0 aliphatic carbocycles. The van der Waals surface area contributed by atoms with Gasteiger partial charge in [-0.25, -0.2) is 18.4 Å². The number of halogens is 2. The molecule has 3 aromatic rings. The second-order valence-corrected chi connectivity index (χ2v) is 7.70. The first-order valence-electron chi connectivity index (χ1n) is 7.01. The Bertz CT molecular complexity index is 1040. The monoisotopic (exact) mass is 392 g/mol. The summed E-state index contributed by atoms with van der Waals surface area (Å²) in [4.78, 5) is 20.0. The van der Waals surface area contributed by atoms with Gasteiger partial charge in [0.15, 0.2) is 5.78 Å². The number of hydrogen-bond donors (Lipinski definition) is 0. The average molecular weight is 393 g/mol. The van der Waals surface area contributed by atoms with Crippen LogP contribution in [-0.2, 0) is 9.84 Å². The van der Waals surface area contributed by atoms with Crippen molar-refractivity contribution in [2.24, 2.45) is 0 Å². The van der Waals surface area contributed by atoms with Crippen molar-refractivity contribution in [3.05, 3.63) is 82.1 Å². The predicted octanol–water partition coefficient (Wildman–Crippen LogP) is 3.85. The third-order valence-corrected chi connectivity index (χ3v) is 5.53. The Labute approximate surface area is 154 Å². The molecule has 0 spiro atoms. The van der Waals surface area contributed by atoms with Crippen molar-refractivity contribution >= 4 is 38.8 Å². The van der Waals surface area contributed by atoms with Gasteiger partial charge in [0, 0.05) is 28.5 Å². The van der Waals surface area contributed by atoms with Gasteiger partial charge in [-0.05, 0) is 48.5 Å². The molecule has 2 aromatic carbocycles. The standard InChI is InChI=1S/C17H10Cl2N2O3S/c18-12-4-7-15(19)14(10-12)16(22)11-2-5-13(6-3-11)25(23,24)17-20-8-1-9-21-17/h1-10H. The molecule has 0 N–H and O–H groups in total. The van der Waals surface area contributed by atoms with Crippen LogP contribution in [0.15, 0.2) is 71.0 Å². The highest BCUT2D eigenvalue weighted by Crippen LogP contribution is 2.24. The van der Waals surface area contributed by atoms with Gasteiger partial charge in [0.25, 0.3) is 5.16 Å². The van der Waals surface area contributed by atoms with Crippen LogP contribution in [0.3, 0.4) is 0 Å². The van der Waals surface area contributed by atoms with E-state index in [0.717, 1.165) is 0 Å². The molecule has 5 nitrogen and oxygen atoms in total. The Hall–Kier alpha value is -2.28. The number of ketones is 1. The van der Waals surface area contributed by atoms with Gasteiger partial charge in [-0.15, -0.1) is 0 Å². The summed E-state index contributed by atoms with van der Waals surface area (Å²) < 4.78 is 24.9. The molecule has 0 radical (unpaired) electrons. The Morgan fingerprint density at radius 1 is 0.920 bits per heavy atom. The molecule has 0 fully saturated rings. The number of rotatable bonds is 4. The van der Waals surface area contributed by atoms with Crippen LogP contribution in [-0.4, -0.2) is 24.2 Å². The first-order valence-corrected chi connectivity index (χ1v) is 9.25. The molecule has 3 rings (SSSR count). The number of hydrogen-bond acceptors (Lipinski definition) is 5. The van der Waals surface area contributed by atoms with Gasteiger partial charge in [-0.2, -0.15) is 0 Å². The Morgan fingerprint density at radius 2 is 1.56 bits per heavy atom. The zero-order valence-electron chi connectivity index (χ0n) is 12.6. The first-order chi connectivity index (χ1) is 11.9. The molecule has 25 heavy (non-hydrogen) atoms. The van der Waals surface area contributed by atoms with Gasteiger partial charge in [-0.3, -0.25) is 4.79 Å². The van der Waals surface area contributed by atoms with E-state index in [1.54, 1.807) is 6.07 Å². The number of sulfone groups is 1. The molecular weight excluding hydrogens is 383 g/mol. The van der Waals surface area contributed by atoms with E-state index in [4.69, 9.17) is 23.2 Å². The van der Waals surface area contributed by atoms with E-state index in [1.165, 1.54) is 54.9 Å². The van der Waals surface area contributed by atoms with Crippen LogP contribution < -0.4 is 0 Å². The normalized spacial score (nSPS) is 11.3. The molecule has 8 heteroatoms. The van der Waals surface area contributed by atoms with Gasteiger partial charge < -0.3 is 0 Å². The zero-order chi connectivity index (χ0) is 18.0. The van der Waals surface area contributed by atoms with Gasteiger partial charge in [-0.1, -0.05) is 23.2 Å². The van der Waals surface area contributed by atoms with Crippen LogP contribution in [0.25, 0.3) is 0 Å². The maximum absolute atomic E-state index is 12.5. The molecule has 0 aliphatic heterocycles. The van der Waals surface area contributed by atoms with Crippen molar-refractivity contribution < 1.29 is 13.2 Å². The van der Waals surface area contributed by atoms with Crippen molar-refractivity contribution in [3.8, 4) is 0 Å². The number of nitrogens with zero attached hydrogens (tertiary/aromatic N) is 2. The van der Waals surface area contributed by atoms with Crippen LogP contribution in [0.1, 0.15) is 15.9 Å². The van der Waals surface area contributed by atoms with Crippen molar-refractivity contribution in [2.45, 2.75) is 10.1 Å². The van der Waals surface area contributed by atoms with E-state index < -0.39 is 9.84 Å². The molecule has 0 saturated carbocycles. The highest BCUT2D eigenvalue weighted by Gasteiger charge is 2.21. The molecule has 0 amide bonds. The van der Waals surface area contributed by atoms with E-state index in [0.29, 0.717) is 5.02 Å². The van der Waals surface area contributed by atoms with Crippen LogP contribution in [0.4, 0.5) is 0 Å². The molecule has 0 atom stereocenters.